The van der Waals surface area contributed by atoms with Gasteiger partial charge in [0.25, 0.3) is 0 Å². The van der Waals surface area contributed by atoms with Crippen molar-refractivity contribution < 1.29 is 55.2 Å². The van der Waals surface area contributed by atoms with Crippen molar-refractivity contribution in [2.45, 2.75) is 44.1 Å². The minimum absolute atomic E-state index is 0.0525. The maximum Gasteiger partial charge on any atom is 0.220 e. The average molecular weight is 1950 g/mol. The standard InChI is InChI=1S/C24H21FN2O2.C23H16ClFN4O.C23H18FN3O2.C22H15FN4O.C21H15FN6O/c25-18-5-9-20(10-6-18)29-21-11-7-19(8-12-21)27-23-4-2-1-3-22(23)26-24(27)17-13-15-28-16-14-17;1-28-14-19(24)22(27-28)23-26-20-4-2-3-5-21(20)29(23)16-8-12-18(13-9-16)30-17-10-6-15(25)7-11-17;24-15-5-9-17(10-6-15)29-18-11-7-16(8-12-18)27-21-4-2-1-3-19(21)26-23(27)20-13-14-22(28)25-20;23-15-5-9-17(10-6-15)28-18-11-7-16(8-12-18)27-21-4-2-1-3-19(21)26-22(27)20-13-24-14-25-20;22-14-5-9-16(10-6-14)29-17-11-7-15(8-12-17)28-19-4-2-1-3-18(19)23-21(28)13-20-24-26-27-25-20/h1-12,17H,13-16H2;2-14H,1H3;1-12,20H,13-14H2,(H,25,28);1-14H,(H,24,25);1-12H,13H2,(H,24,25,26,27)/t;;20-;;/m..0../s1. The molecule has 26 nitrogen and oxygen atoms in total. The van der Waals surface area contributed by atoms with Crippen LogP contribution in [0, 0.1) is 29.1 Å². The number of tetrazole rings is 1. The Kier molecular flexibility index (Phi) is 27.1. The average Bonchev–Trinajstić information content (AvgIpc) is 1.63. The Morgan fingerprint density at radius 2 is 0.710 bits per heavy atom. The molecular formula is C113H85ClF5N19O7. The van der Waals surface area contributed by atoms with E-state index in [1.807, 2.05) is 242 Å². The lowest BCUT2D eigenvalue weighted by atomic mass is 9.99. The molecule has 2 fully saturated rings. The summed E-state index contributed by atoms with van der Waals surface area (Å²) in [4.78, 5) is 43.0. The van der Waals surface area contributed by atoms with Crippen LogP contribution < -0.4 is 29.0 Å². The summed E-state index contributed by atoms with van der Waals surface area (Å²) < 4.78 is 112. The molecule has 2 aliphatic rings. The number of aromatic nitrogens is 18. The SMILES string of the molecule is Cn1cc(Cl)c(-c2nc3ccccc3n2-c2ccc(Oc3ccc(F)cc3)cc2)n1.Fc1ccc(Oc2ccc(-n3c(-c4cnc[nH]4)nc4ccccc43)cc2)cc1.Fc1ccc(Oc2ccc(-n3c(C4CCOCC4)nc4ccccc43)cc2)cc1.Fc1ccc(Oc2ccc(-n3c(Cc4nn[nH]n4)nc4ccccc43)cc2)cc1.O=C1CC[C@@H](c2nc3ccccc3n2-c2ccc(Oc3ccc(F)cc3)cc2)N1. The highest BCUT2D eigenvalue weighted by atomic mass is 35.5. The summed E-state index contributed by atoms with van der Waals surface area (Å²) in [5.74, 6) is 9.93. The number of nitrogens with zero attached hydrogens (tertiary/aromatic N) is 16. The Labute approximate surface area is 829 Å². The highest BCUT2D eigenvalue weighted by Gasteiger charge is 2.30. The number of H-pyrrole nitrogens is 2. The van der Waals surface area contributed by atoms with Gasteiger partial charge in [-0.1, -0.05) is 77.5 Å². The number of aromatic amines is 2. The van der Waals surface area contributed by atoms with Crippen LogP contribution in [0.2, 0.25) is 5.02 Å². The zero-order chi connectivity index (χ0) is 98.6. The largest absolute Gasteiger partial charge is 0.457 e. The van der Waals surface area contributed by atoms with Crippen LogP contribution in [0.5, 0.6) is 57.5 Å². The molecule has 0 radical (unpaired) electrons. The van der Waals surface area contributed by atoms with E-state index in [1.165, 1.54) is 60.7 Å². The van der Waals surface area contributed by atoms with Crippen LogP contribution in [0.25, 0.3) is 107 Å². The second-order valence-corrected chi connectivity index (χ2v) is 34.1. The van der Waals surface area contributed by atoms with Crippen LogP contribution in [-0.2, 0) is 23.0 Å². The van der Waals surface area contributed by atoms with Gasteiger partial charge in [0.15, 0.2) is 17.5 Å². The van der Waals surface area contributed by atoms with Gasteiger partial charge in [-0.3, -0.25) is 32.3 Å². The molecule has 2 saturated heterocycles. The zero-order valence-electron chi connectivity index (χ0n) is 77.3. The Hall–Kier alpha value is -18.5. The van der Waals surface area contributed by atoms with Gasteiger partial charge in [0, 0.05) is 67.2 Å². The summed E-state index contributed by atoms with van der Waals surface area (Å²) in [5, 5.41) is 22.2. The van der Waals surface area contributed by atoms with Gasteiger partial charge in [0.2, 0.25) is 5.91 Å². The van der Waals surface area contributed by atoms with Crippen LogP contribution in [0.3, 0.4) is 0 Å². The number of hydrogen-bond donors (Lipinski definition) is 3. The van der Waals surface area contributed by atoms with Crippen molar-refractivity contribution in [1.29, 1.82) is 0 Å². The fourth-order valence-corrected chi connectivity index (χ4v) is 17.5. The minimum atomic E-state index is -0.301. The Balaban J connectivity index is 0.000000107. The number of fused-ring (bicyclic) bond motifs is 5. The molecule has 0 saturated carbocycles. The minimum Gasteiger partial charge on any atom is -0.457 e. The monoisotopic (exact) mass is 1950 g/mol. The summed E-state index contributed by atoms with van der Waals surface area (Å²) >= 11 is 6.41. The predicted octanol–water partition coefficient (Wildman–Crippen LogP) is 26.2. The van der Waals surface area contributed by atoms with E-state index < -0.39 is 0 Å². The van der Waals surface area contributed by atoms with Crippen molar-refractivity contribution in [1.82, 2.24) is 93.4 Å². The summed E-state index contributed by atoms with van der Waals surface area (Å²) in [6, 6.07) is 108. The number of imidazole rings is 6. The number of rotatable bonds is 21. The number of aryl methyl sites for hydroxylation is 1. The fraction of sp³-hybridized carbons (Fsp3) is 0.0885. The van der Waals surface area contributed by atoms with Gasteiger partial charge < -0.3 is 38.7 Å². The number of carbonyl (C=O) groups excluding carboxylic acids is 1. The molecule has 0 unspecified atom stereocenters. The molecule has 3 N–H and O–H groups in total. The molecule has 0 aliphatic carbocycles. The number of hydrogen-bond acceptors (Lipinski definition) is 17. The molecule has 8 aromatic heterocycles. The van der Waals surface area contributed by atoms with Crippen molar-refractivity contribution in [2.24, 2.45) is 7.05 Å². The second kappa shape index (κ2) is 42.3. The number of carbonyl (C=O) groups is 1. The van der Waals surface area contributed by atoms with Crippen molar-refractivity contribution in [3.63, 3.8) is 0 Å². The van der Waals surface area contributed by atoms with Crippen molar-refractivity contribution in [2.75, 3.05) is 13.2 Å². The number of amides is 1. The first-order chi connectivity index (χ1) is 71.1. The predicted molar refractivity (Wildman–Crippen MR) is 542 cm³/mol. The Morgan fingerprint density at radius 3 is 1.07 bits per heavy atom. The molecule has 25 rings (SSSR count). The first-order valence-electron chi connectivity index (χ1n) is 46.4. The van der Waals surface area contributed by atoms with Crippen molar-refractivity contribution in [3.05, 3.63) is 440 Å². The van der Waals surface area contributed by atoms with Gasteiger partial charge in [0.05, 0.1) is 85.2 Å². The van der Waals surface area contributed by atoms with E-state index in [-0.39, 0.29) is 41.0 Å². The number of benzene rings is 15. The van der Waals surface area contributed by atoms with Gasteiger partial charge >= 0.3 is 0 Å². The third-order valence-corrected chi connectivity index (χ3v) is 24.3. The van der Waals surface area contributed by atoms with Gasteiger partial charge in [0.1, 0.15) is 115 Å². The molecule has 0 spiro atoms. The number of nitrogens with one attached hydrogen (secondary N) is 3. The fourth-order valence-electron chi connectivity index (χ4n) is 17.2. The topological polar surface area (TPSA) is 275 Å². The van der Waals surface area contributed by atoms with Crippen LogP contribution in [0.4, 0.5) is 22.0 Å². The quantitative estimate of drug-likeness (QED) is 0.0564. The van der Waals surface area contributed by atoms with Crippen molar-refractivity contribution >= 4 is 72.7 Å². The molecule has 0 bridgehead atoms. The number of ether oxygens (including phenoxy) is 6. The van der Waals surface area contributed by atoms with Crippen LogP contribution >= 0.6 is 11.6 Å². The van der Waals surface area contributed by atoms with E-state index in [2.05, 4.69) is 71.4 Å². The molecule has 23 aromatic rings. The van der Waals surface area contributed by atoms with Gasteiger partial charge in [-0.05, 0) is 323 Å². The van der Waals surface area contributed by atoms with E-state index in [4.69, 9.17) is 64.9 Å². The maximum absolute atomic E-state index is 13.1. The summed E-state index contributed by atoms with van der Waals surface area (Å²) in [5.41, 5.74) is 15.7. The number of para-hydroxylation sites is 10. The lowest BCUT2D eigenvalue weighted by molar-refractivity contribution is -0.119. The Bertz CT molecular complexity index is 8400. The molecule has 716 valence electrons. The van der Waals surface area contributed by atoms with E-state index in [0.717, 1.165) is 145 Å². The maximum atomic E-state index is 13.1. The third kappa shape index (κ3) is 21.3. The normalized spacial score (nSPS) is 12.9. The van der Waals surface area contributed by atoms with Gasteiger partial charge in [-0.2, -0.15) is 10.3 Å². The van der Waals surface area contributed by atoms with Crippen LogP contribution in [-0.4, -0.2) is 107 Å². The second-order valence-electron chi connectivity index (χ2n) is 33.7. The first kappa shape index (κ1) is 92.8. The summed E-state index contributed by atoms with van der Waals surface area (Å²) in [6.45, 7) is 1.55. The highest BCUT2D eigenvalue weighted by Crippen LogP contribution is 2.40. The van der Waals surface area contributed by atoms with Gasteiger partial charge in [-0.15, -0.1) is 10.2 Å². The lowest BCUT2D eigenvalue weighted by Gasteiger charge is -2.22. The van der Waals surface area contributed by atoms with Crippen LogP contribution in [0.15, 0.2) is 383 Å². The van der Waals surface area contributed by atoms with E-state index in [9.17, 15) is 26.7 Å². The molecule has 145 heavy (non-hydrogen) atoms. The molecule has 10 heterocycles. The Morgan fingerprint density at radius 1 is 0.379 bits per heavy atom. The van der Waals surface area contributed by atoms with E-state index in [0.29, 0.717) is 98.6 Å². The zero-order valence-corrected chi connectivity index (χ0v) is 78.0. The summed E-state index contributed by atoms with van der Waals surface area (Å²) in [7, 11) is 1.82. The molecular weight excluding hydrogens is 1870 g/mol. The van der Waals surface area contributed by atoms with E-state index in [1.54, 1.807) is 84.1 Å². The van der Waals surface area contributed by atoms with E-state index >= 15 is 0 Å². The molecule has 1 atom stereocenters. The lowest BCUT2D eigenvalue weighted by Crippen LogP contribution is -2.21. The van der Waals surface area contributed by atoms with Gasteiger partial charge in [-0.25, -0.2) is 51.9 Å². The molecule has 15 aromatic carbocycles. The molecule has 32 heteroatoms. The highest BCUT2D eigenvalue weighted by molar-refractivity contribution is 6.33. The molecule has 1 amide bonds. The van der Waals surface area contributed by atoms with Crippen LogP contribution in [0.1, 0.15) is 60.9 Å². The van der Waals surface area contributed by atoms with Crippen molar-refractivity contribution in [3.8, 4) is 109 Å². The molecule has 2 aliphatic heterocycles. The third-order valence-electron chi connectivity index (χ3n) is 24.0. The first-order valence-corrected chi connectivity index (χ1v) is 46.8. The smallest absolute Gasteiger partial charge is 0.220 e. The summed E-state index contributed by atoms with van der Waals surface area (Å²) in [6.07, 6.45) is 8.79. The number of halogens is 6.